The largest absolute Gasteiger partial charge is 0.496 e. The summed E-state index contributed by atoms with van der Waals surface area (Å²) < 4.78 is 7.22. The first-order valence-electron chi connectivity index (χ1n) is 11.9. The lowest BCUT2D eigenvalue weighted by molar-refractivity contribution is 0.0642. The number of amides is 3. The van der Waals surface area contributed by atoms with E-state index in [4.69, 9.17) is 4.74 Å². The lowest BCUT2D eigenvalue weighted by Gasteiger charge is -2.16. The minimum absolute atomic E-state index is 0.0311. The third-order valence-corrected chi connectivity index (χ3v) is 6.53. The number of ether oxygens (including phenoxy) is 1. The van der Waals surface area contributed by atoms with E-state index in [0.29, 0.717) is 39.5 Å². The van der Waals surface area contributed by atoms with Crippen LogP contribution in [0.4, 0.5) is 5.69 Å². The number of carbonyl (C=O) groups is 3. The number of benzene rings is 3. The van der Waals surface area contributed by atoms with Crippen LogP contribution < -0.4 is 10.1 Å². The average Bonchev–Trinajstić information content (AvgIpc) is 3.61. The lowest BCUT2D eigenvalue weighted by atomic mass is 10.1. The Hall–Kier alpha value is -4.86. The van der Waals surface area contributed by atoms with Gasteiger partial charge in [0.05, 0.1) is 42.1 Å². The van der Waals surface area contributed by atoms with Crippen LogP contribution in [-0.2, 0) is 6.54 Å². The molecule has 3 aromatic carbocycles. The van der Waals surface area contributed by atoms with Gasteiger partial charge < -0.3 is 10.1 Å². The van der Waals surface area contributed by atoms with Crippen molar-refractivity contribution in [1.82, 2.24) is 25.1 Å². The first-order valence-corrected chi connectivity index (χ1v) is 11.9. The molecule has 0 bridgehead atoms. The molecule has 1 fully saturated rings. The van der Waals surface area contributed by atoms with Gasteiger partial charge in [0.15, 0.2) is 5.82 Å². The van der Waals surface area contributed by atoms with Gasteiger partial charge in [-0.2, -0.15) is 0 Å². The predicted molar refractivity (Wildman–Crippen MR) is 133 cm³/mol. The first-order chi connectivity index (χ1) is 18.0. The van der Waals surface area contributed by atoms with Crippen molar-refractivity contribution in [2.24, 2.45) is 0 Å². The van der Waals surface area contributed by atoms with Crippen LogP contribution in [0.5, 0.6) is 5.75 Å². The maximum absolute atomic E-state index is 13.4. The van der Waals surface area contributed by atoms with Gasteiger partial charge in [-0.05, 0) is 65.2 Å². The number of rotatable bonds is 7. The molecule has 0 radical (unpaired) electrons. The molecule has 1 aromatic heterocycles. The van der Waals surface area contributed by atoms with E-state index in [-0.39, 0.29) is 30.0 Å². The molecule has 4 aromatic rings. The summed E-state index contributed by atoms with van der Waals surface area (Å²) in [6, 6.07) is 19.3. The highest BCUT2D eigenvalue weighted by atomic mass is 16.5. The SMILES string of the molecule is COc1ccc(CN2C(=O)c3ccccc3C2=O)cc1C(=O)Nc1ccccc1-c1nnnn1C1CC1. The Morgan fingerprint density at radius 3 is 2.32 bits per heavy atom. The number of aromatic nitrogens is 4. The molecule has 184 valence electrons. The lowest BCUT2D eigenvalue weighted by Crippen LogP contribution is -2.29. The van der Waals surface area contributed by atoms with Crippen LogP contribution >= 0.6 is 0 Å². The van der Waals surface area contributed by atoms with Gasteiger partial charge in [-0.25, -0.2) is 4.68 Å². The van der Waals surface area contributed by atoms with Gasteiger partial charge in [0.25, 0.3) is 17.7 Å². The topological polar surface area (TPSA) is 119 Å². The Morgan fingerprint density at radius 2 is 1.65 bits per heavy atom. The fourth-order valence-corrected chi connectivity index (χ4v) is 4.51. The number of hydrogen-bond acceptors (Lipinski definition) is 7. The van der Waals surface area contributed by atoms with Crippen molar-refractivity contribution in [3.63, 3.8) is 0 Å². The van der Waals surface area contributed by atoms with Crippen molar-refractivity contribution < 1.29 is 19.1 Å². The Morgan fingerprint density at radius 1 is 0.973 bits per heavy atom. The molecule has 6 rings (SSSR count). The minimum Gasteiger partial charge on any atom is -0.496 e. The molecule has 37 heavy (non-hydrogen) atoms. The molecule has 1 N–H and O–H groups in total. The van der Waals surface area contributed by atoms with Gasteiger partial charge in [0.2, 0.25) is 0 Å². The Bertz CT molecular complexity index is 1520. The van der Waals surface area contributed by atoms with Crippen LogP contribution in [0.3, 0.4) is 0 Å². The molecule has 3 amide bonds. The van der Waals surface area contributed by atoms with Gasteiger partial charge in [0.1, 0.15) is 5.75 Å². The molecule has 2 heterocycles. The molecule has 1 saturated carbocycles. The summed E-state index contributed by atoms with van der Waals surface area (Å²) in [5.41, 5.74) is 2.90. The van der Waals surface area contributed by atoms with Crippen LogP contribution in [0.25, 0.3) is 11.4 Å². The summed E-state index contributed by atoms with van der Waals surface area (Å²) in [5, 5.41) is 15.1. The molecule has 2 aliphatic rings. The van der Waals surface area contributed by atoms with Gasteiger partial charge in [0, 0.05) is 5.56 Å². The predicted octanol–water partition coefficient (Wildman–Crippen LogP) is 3.73. The van der Waals surface area contributed by atoms with E-state index < -0.39 is 5.91 Å². The summed E-state index contributed by atoms with van der Waals surface area (Å²) >= 11 is 0. The number of imide groups is 1. The van der Waals surface area contributed by atoms with Gasteiger partial charge in [-0.1, -0.05) is 30.3 Å². The van der Waals surface area contributed by atoms with Crippen molar-refractivity contribution in [2.75, 3.05) is 12.4 Å². The van der Waals surface area contributed by atoms with Crippen molar-refractivity contribution >= 4 is 23.4 Å². The van der Waals surface area contributed by atoms with Crippen LogP contribution in [0, 0.1) is 0 Å². The Balaban J connectivity index is 1.28. The van der Waals surface area contributed by atoms with E-state index in [0.717, 1.165) is 12.8 Å². The number of para-hydroxylation sites is 1. The number of nitrogens with zero attached hydrogens (tertiary/aromatic N) is 5. The number of nitrogens with one attached hydrogen (secondary N) is 1. The van der Waals surface area contributed by atoms with Gasteiger partial charge in [-0.15, -0.1) is 5.10 Å². The maximum Gasteiger partial charge on any atom is 0.261 e. The summed E-state index contributed by atoms with van der Waals surface area (Å²) in [6.07, 6.45) is 2.04. The van der Waals surface area contributed by atoms with Crippen molar-refractivity contribution in [3.05, 3.63) is 89.0 Å². The molecule has 0 unspecified atom stereocenters. The number of methoxy groups -OCH3 is 1. The van der Waals surface area contributed by atoms with E-state index in [2.05, 4.69) is 20.8 Å². The van der Waals surface area contributed by atoms with E-state index in [1.54, 1.807) is 53.2 Å². The van der Waals surface area contributed by atoms with E-state index in [1.165, 1.54) is 12.0 Å². The van der Waals surface area contributed by atoms with E-state index in [1.807, 2.05) is 18.2 Å². The number of carbonyl (C=O) groups excluding carboxylic acids is 3. The summed E-state index contributed by atoms with van der Waals surface area (Å²) in [4.78, 5) is 40.2. The fraction of sp³-hybridized carbons (Fsp3) is 0.185. The summed E-state index contributed by atoms with van der Waals surface area (Å²) in [5.74, 6) is -0.165. The van der Waals surface area contributed by atoms with Crippen LogP contribution in [0.2, 0.25) is 0 Å². The van der Waals surface area contributed by atoms with Gasteiger partial charge in [-0.3, -0.25) is 19.3 Å². The number of fused-ring (bicyclic) bond motifs is 1. The van der Waals surface area contributed by atoms with Crippen LogP contribution in [0.1, 0.15) is 55.5 Å². The monoisotopic (exact) mass is 494 g/mol. The van der Waals surface area contributed by atoms with Crippen LogP contribution in [-0.4, -0.2) is 49.9 Å². The molecule has 10 nitrogen and oxygen atoms in total. The molecular weight excluding hydrogens is 472 g/mol. The van der Waals surface area contributed by atoms with E-state index >= 15 is 0 Å². The summed E-state index contributed by atoms with van der Waals surface area (Å²) in [6.45, 7) is 0.0311. The third-order valence-electron chi connectivity index (χ3n) is 6.53. The fourth-order valence-electron chi connectivity index (χ4n) is 4.51. The Labute approximate surface area is 211 Å². The molecule has 0 saturated heterocycles. The van der Waals surface area contributed by atoms with Crippen LogP contribution in [0.15, 0.2) is 66.7 Å². The smallest absolute Gasteiger partial charge is 0.261 e. The summed E-state index contributed by atoms with van der Waals surface area (Å²) in [7, 11) is 1.48. The first kappa shape index (κ1) is 22.6. The van der Waals surface area contributed by atoms with Gasteiger partial charge >= 0.3 is 0 Å². The second-order valence-corrected chi connectivity index (χ2v) is 8.95. The molecule has 0 spiro atoms. The molecule has 10 heteroatoms. The zero-order chi connectivity index (χ0) is 25.5. The number of hydrogen-bond donors (Lipinski definition) is 1. The number of anilines is 1. The highest BCUT2D eigenvalue weighted by molar-refractivity contribution is 6.21. The molecule has 1 aliphatic heterocycles. The van der Waals surface area contributed by atoms with Crippen molar-refractivity contribution in [3.8, 4) is 17.1 Å². The second kappa shape index (κ2) is 8.98. The normalized spacial score (nSPS) is 14.6. The average molecular weight is 495 g/mol. The molecule has 0 atom stereocenters. The standard InChI is InChI=1S/C27H22N6O4/c1-37-23-13-10-16(15-32-26(35)18-6-2-3-7-19(18)27(32)36)14-21(23)25(34)28-22-9-5-4-8-20(22)24-29-30-31-33(24)17-11-12-17/h2-10,13-14,17H,11-12,15H2,1H3,(H,28,34). The second-order valence-electron chi connectivity index (χ2n) is 8.95. The Kier molecular flexibility index (Phi) is 5.48. The van der Waals surface area contributed by atoms with E-state index in [9.17, 15) is 14.4 Å². The number of tetrazole rings is 1. The zero-order valence-corrected chi connectivity index (χ0v) is 19.9. The van der Waals surface area contributed by atoms with Crippen molar-refractivity contribution in [2.45, 2.75) is 25.4 Å². The quantitative estimate of drug-likeness (QED) is 0.389. The van der Waals surface area contributed by atoms with Crippen molar-refractivity contribution in [1.29, 1.82) is 0 Å². The maximum atomic E-state index is 13.4. The highest BCUT2D eigenvalue weighted by Crippen LogP contribution is 2.38. The molecule has 1 aliphatic carbocycles. The highest BCUT2D eigenvalue weighted by Gasteiger charge is 2.35. The zero-order valence-electron chi connectivity index (χ0n) is 19.9. The molecular formula is C27H22N6O4. The third kappa shape index (κ3) is 4.02. The minimum atomic E-state index is -0.404.